The lowest BCUT2D eigenvalue weighted by Gasteiger charge is -2.02. The molecule has 0 saturated carbocycles. The molecule has 6 heteroatoms. The minimum Gasteiger partial charge on any atom is -0.485 e. The molecule has 96 valence electrons. The highest BCUT2D eigenvalue weighted by molar-refractivity contribution is 7.08. The van der Waals surface area contributed by atoms with Gasteiger partial charge in [-0.15, -0.1) is 0 Å². The predicted molar refractivity (Wildman–Crippen MR) is 72.8 cm³/mol. The zero-order valence-electron chi connectivity index (χ0n) is 9.95. The van der Waals surface area contributed by atoms with Crippen molar-refractivity contribution >= 4 is 17.0 Å². The topological polar surface area (TPSA) is 74.2 Å². The van der Waals surface area contributed by atoms with E-state index in [-0.39, 0.29) is 6.61 Å². The molecule has 0 bridgehead atoms. The quantitative estimate of drug-likeness (QED) is 0.740. The van der Waals surface area contributed by atoms with Crippen LogP contribution in [0.3, 0.4) is 0 Å². The van der Waals surface area contributed by atoms with Crippen LogP contribution in [0.2, 0.25) is 0 Å². The highest BCUT2D eigenvalue weighted by atomic mass is 32.1. The fourth-order valence-corrected chi connectivity index (χ4v) is 2.16. The summed E-state index contributed by atoms with van der Waals surface area (Å²) < 4.78 is 10.7. The van der Waals surface area contributed by atoms with Gasteiger partial charge in [-0.25, -0.2) is 0 Å². The van der Waals surface area contributed by atoms with Gasteiger partial charge >= 0.3 is 0 Å². The second-order valence-electron chi connectivity index (χ2n) is 3.89. The van der Waals surface area contributed by atoms with Gasteiger partial charge in [0, 0.05) is 11.1 Å². The van der Waals surface area contributed by atoms with Gasteiger partial charge in [0.25, 0.3) is 5.89 Å². The molecule has 2 heterocycles. The number of benzene rings is 1. The van der Waals surface area contributed by atoms with E-state index >= 15 is 0 Å². The average molecular weight is 273 g/mol. The van der Waals surface area contributed by atoms with Crippen molar-refractivity contribution in [3.8, 4) is 17.2 Å². The standard InChI is InChI=1S/C13H11N3O2S/c14-10-1-3-11(4-2-10)17-7-12-15-13(18-16-12)9-5-6-19-8-9/h1-6,8H,7,14H2. The van der Waals surface area contributed by atoms with Gasteiger partial charge < -0.3 is 15.0 Å². The SMILES string of the molecule is Nc1ccc(OCc2noc(-c3ccsc3)n2)cc1. The second-order valence-corrected chi connectivity index (χ2v) is 4.67. The van der Waals surface area contributed by atoms with E-state index in [1.54, 1.807) is 35.6 Å². The molecule has 2 aromatic heterocycles. The maximum absolute atomic E-state index is 5.60. The molecular formula is C13H11N3O2S. The molecule has 0 saturated heterocycles. The highest BCUT2D eigenvalue weighted by Gasteiger charge is 2.09. The first-order valence-electron chi connectivity index (χ1n) is 5.65. The van der Waals surface area contributed by atoms with Crippen LogP contribution in [0.5, 0.6) is 5.75 Å². The summed E-state index contributed by atoms with van der Waals surface area (Å²) in [4.78, 5) is 4.26. The van der Waals surface area contributed by atoms with Crippen LogP contribution in [0, 0.1) is 0 Å². The lowest BCUT2D eigenvalue weighted by molar-refractivity contribution is 0.287. The van der Waals surface area contributed by atoms with Gasteiger partial charge in [0.1, 0.15) is 5.75 Å². The third-order valence-electron chi connectivity index (χ3n) is 2.48. The van der Waals surface area contributed by atoms with Crippen LogP contribution in [0.1, 0.15) is 5.82 Å². The largest absolute Gasteiger partial charge is 0.485 e. The normalized spacial score (nSPS) is 10.5. The lowest BCUT2D eigenvalue weighted by atomic mass is 10.3. The van der Waals surface area contributed by atoms with Crippen molar-refractivity contribution in [1.82, 2.24) is 10.1 Å². The smallest absolute Gasteiger partial charge is 0.258 e. The fourth-order valence-electron chi connectivity index (χ4n) is 1.53. The van der Waals surface area contributed by atoms with Gasteiger partial charge in [0.15, 0.2) is 6.61 Å². The molecule has 19 heavy (non-hydrogen) atoms. The van der Waals surface area contributed by atoms with Crippen molar-refractivity contribution in [2.24, 2.45) is 0 Å². The maximum Gasteiger partial charge on any atom is 0.258 e. The third-order valence-corrected chi connectivity index (χ3v) is 3.17. The Morgan fingerprint density at radius 2 is 2.05 bits per heavy atom. The minimum absolute atomic E-state index is 0.261. The van der Waals surface area contributed by atoms with Crippen molar-refractivity contribution in [2.75, 3.05) is 5.73 Å². The average Bonchev–Trinajstić information content (AvgIpc) is 3.09. The van der Waals surface area contributed by atoms with Crippen molar-refractivity contribution in [3.05, 3.63) is 46.9 Å². The zero-order chi connectivity index (χ0) is 13.1. The summed E-state index contributed by atoms with van der Waals surface area (Å²) in [6, 6.07) is 9.10. The van der Waals surface area contributed by atoms with Crippen LogP contribution in [0.15, 0.2) is 45.6 Å². The Bertz CT molecular complexity index is 647. The number of hydrogen-bond donors (Lipinski definition) is 1. The first-order valence-corrected chi connectivity index (χ1v) is 6.59. The number of anilines is 1. The zero-order valence-corrected chi connectivity index (χ0v) is 10.8. The van der Waals surface area contributed by atoms with E-state index in [0.29, 0.717) is 17.4 Å². The monoisotopic (exact) mass is 273 g/mol. The molecule has 1 aromatic carbocycles. The molecule has 5 nitrogen and oxygen atoms in total. The van der Waals surface area contributed by atoms with Crippen LogP contribution in [-0.4, -0.2) is 10.1 Å². The Kier molecular flexibility index (Phi) is 3.16. The number of aromatic nitrogens is 2. The molecule has 0 atom stereocenters. The van der Waals surface area contributed by atoms with Gasteiger partial charge in [0.05, 0.1) is 5.56 Å². The molecule has 3 aromatic rings. The number of ether oxygens (including phenoxy) is 1. The summed E-state index contributed by atoms with van der Waals surface area (Å²) in [5.41, 5.74) is 7.22. The predicted octanol–water partition coefficient (Wildman–Crippen LogP) is 2.96. The van der Waals surface area contributed by atoms with Crippen LogP contribution < -0.4 is 10.5 Å². The number of nitrogens with two attached hydrogens (primary N) is 1. The van der Waals surface area contributed by atoms with Gasteiger partial charge in [0.2, 0.25) is 5.82 Å². The summed E-state index contributed by atoms with van der Waals surface area (Å²) in [7, 11) is 0. The van der Waals surface area contributed by atoms with Gasteiger partial charge in [-0.05, 0) is 35.7 Å². The number of rotatable bonds is 4. The minimum atomic E-state index is 0.261. The van der Waals surface area contributed by atoms with E-state index in [4.69, 9.17) is 15.0 Å². The summed E-state index contributed by atoms with van der Waals surface area (Å²) in [6.45, 7) is 0.261. The molecule has 0 aliphatic rings. The van der Waals surface area contributed by atoms with E-state index < -0.39 is 0 Å². The molecule has 0 spiro atoms. The first-order chi connectivity index (χ1) is 9.31. The van der Waals surface area contributed by atoms with E-state index in [1.807, 2.05) is 16.8 Å². The maximum atomic E-state index is 5.60. The van der Waals surface area contributed by atoms with Crippen LogP contribution >= 0.6 is 11.3 Å². The molecule has 0 aliphatic carbocycles. The van der Waals surface area contributed by atoms with Crippen molar-refractivity contribution in [1.29, 1.82) is 0 Å². The van der Waals surface area contributed by atoms with Crippen LogP contribution in [-0.2, 0) is 6.61 Å². The Morgan fingerprint density at radius 3 is 2.79 bits per heavy atom. The first kappa shape index (κ1) is 11.7. The number of nitrogens with zero attached hydrogens (tertiary/aromatic N) is 2. The number of nitrogen functional groups attached to an aromatic ring is 1. The Labute approximate surface area is 113 Å². The molecule has 0 fully saturated rings. The molecule has 0 radical (unpaired) electrons. The molecule has 2 N–H and O–H groups in total. The van der Waals surface area contributed by atoms with Crippen molar-refractivity contribution < 1.29 is 9.26 Å². The summed E-state index contributed by atoms with van der Waals surface area (Å²) in [5, 5.41) is 7.79. The van der Waals surface area contributed by atoms with Gasteiger partial charge in [-0.2, -0.15) is 16.3 Å². The van der Waals surface area contributed by atoms with E-state index in [1.165, 1.54) is 0 Å². The van der Waals surface area contributed by atoms with Gasteiger partial charge in [-0.1, -0.05) is 5.16 Å². The second kappa shape index (κ2) is 5.11. The summed E-state index contributed by atoms with van der Waals surface area (Å²) >= 11 is 1.58. The van der Waals surface area contributed by atoms with E-state index in [9.17, 15) is 0 Å². The van der Waals surface area contributed by atoms with Crippen LogP contribution in [0.4, 0.5) is 5.69 Å². The number of hydrogen-bond acceptors (Lipinski definition) is 6. The molecule has 0 aliphatic heterocycles. The molecule has 3 rings (SSSR count). The molecular weight excluding hydrogens is 262 g/mol. The Balaban J connectivity index is 1.66. The highest BCUT2D eigenvalue weighted by Crippen LogP contribution is 2.20. The van der Waals surface area contributed by atoms with E-state index in [2.05, 4.69) is 10.1 Å². The third kappa shape index (κ3) is 2.74. The van der Waals surface area contributed by atoms with E-state index in [0.717, 1.165) is 11.3 Å². The van der Waals surface area contributed by atoms with Gasteiger partial charge in [-0.3, -0.25) is 0 Å². The van der Waals surface area contributed by atoms with Crippen molar-refractivity contribution in [3.63, 3.8) is 0 Å². The summed E-state index contributed by atoms with van der Waals surface area (Å²) in [6.07, 6.45) is 0. The Morgan fingerprint density at radius 1 is 1.21 bits per heavy atom. The Hall–Kier alpha value is -2.34. The summed E-state index contributed by atoms with van der Waals surface area (Å²) in [5.74, 6) is 1.74. The molecule has 0 amide bonds. The van der Waals surface area contributed by atoms with Crippen LogP contribution in [0.25, 0.3) is 11.5 Å². The fraction of sp³-hybridized carbons (Fsp3) is 0.0769. The number of thiophene rings is 1. The lowest BCUT2D eigenvalue weighted by Crippen LogP contribution is -1.97. The van der Waals surface area contributed by atoms with Crippen molar-refractivity contribution in [2.45, 2.75) is 6.61 Å². The molecule has 0 unspecified atom stereocenters.